The number of nitrogens with one attached hydrogen (secondary N) is 3. The summed E-state index contributed by atoms with van der Waals surface area (Å²) in [6.07, 6.45) is 8.09. The maximum Gasteiger partial charge on any atom is 0.230 e. The normalized spacial score (nSPS) is 10.5. The van der Waals surface area contributed by atoms with E-state index in [-0.39, 0.29) is 71.5 Å². The number of aromatic hydroxyl groups is 6. The monoisotopic (exact) mass is 1150 g/mol. The van der Waals surface area contributed by atoms with Crippen molar-refractivity contribution >= 4 is 51.1 Å². The minimum atomic E-state index is -0.238. The molecule has 0 aliphatic heterocycles. The third-order valence-corrected chi connectivity index (χ3v) is 12.4. The second-order valence-corrected chi connectivity index (χ2v) is 18.8. The van der Waals surface area contributed by atoms with Crippen molar-refractivity contribution in [1.82, 2.24) is 29.9 Å². The lowest BCUT2D eigenvalue weighted by Crippen LogP contribution is -2.17. The molecule has 0 spiro atoms. The highest BCUT2D eigenvalue weighted by Crippen LogP contribution is 2.27. The van der Waals surface area contributed by atoms with Crippen LogP contribution in [0, 0.1) is 0 Å². The van der Waals surface area contributed by atoms with Crippen LogP contribution in [0.3, 0.4) is 0 Å². The van der Waals surface area contributed by atoms with E-state index in [1.165, 1.54) is 36.0 Å². The summed E-state index contributed by atoms with van der Waals surface area (Å²) in [7, 11) is 0. The van der Waals surface area contributed by atoms with Crippen LogP contribution in [0.15, 0.2) is 205 Å². The number of benzene rings is 7. The smallest absolute Gasteiger partial charge is 0.230 e. The largest absolute Gasteiger partial charge is 0.508 e. The number of phenols is 6. The summed E-state index contributed by atoms with van der Waals surface area (Å²) < 4.78 is 0.414. The Hall–Kier alpha value is -10.5. The minimum Gasteiger partial charge on any atom is -0.508 e. The summed E-state index contributed by atoms with van der Waals surface area (Å²) in [6.45, 7) is 0. The Bertz CT molecular complexity index is 3690. The Kier molecular flexibility index (Phi) is 19.4. The zero-order chi connectivity index (χ0) is 57.1. The summed E-state index contributed by atoms with van der Waals surface area (Å²) in [6, 6.07) is 49.5. The Labute approximate surface area is 473 Å². The highest BCUT2D eigenvalue weighted by atomic mass is 79.9. The molecule has 3 aromatic heterocycles. The number of amides is 3. The van der Waals surface area contributed by atoms with Gasteiger partial charge in [0.25, 0.3) is 0 Å². The number of halogens is 1. The van der Waals surface area contributed by atoms with E-state index in [0.29, 0.717) is 51.3 Å². The molecule has 7 aromatic carbocycles. The molecule has 19 heteroatoms. The van der Waals surface area contributed by atoms with Gasteiger partial charge in [-0.15, -0.1) is 0 Å². The number of nitrogens with zero attached hydrogens (tertiary/aromatic N) is 6. The van der Waals surface area contributed by atoms with Gasteiger partial charge in [0.15, 0.2) is 17.5 Å². The van der Waals surface area contributed by atoms with Gasteiger partial charge < -0.3 is 46.6 Å². The van der Waals surface area contributed by atoms with Crippen molar-refractivity contribution in [3.8, 4) is 68.3 Å². The molecule has 3 amide bonds. The molecule has 0 aliphatic carbocycles. The topological polar surface area (TPSA) is 286 Å². The van der Waals surface area contributed by atoms with Crippen LogP contribution >= 0.6 is 15.9 Å². The van der Waals surface area contributed by atoms with Crippen molar-refractivity contribution in [2.75, 3.05) is 16.0 Å². The van der Waals surface area contributed by atoms with E-state index in [9.17, 15) is 45.0 Å². The Balaban J connectivity index is 0.000000162. The van der Waals surface area contributed by atoms with Gasteiger partial charge in [-0.25, -0.2) is 24.9 Å². The molecule has 0 aliphatic rings. The fourth-order valence-electron chi connectivity index (χ4n) is 7.72. The van der Waals surface area contributed by atoms with Crippen molar-refractivity contribution in [1.29, 1.82) is 0 Å². The van der Waals surface area contributed by atoms with Crippen LogP contribution in [-0.4, -0.2) is 78.3 Å². The summed E-state index contributed by atoms with van der Waals surface area (Å²) in [5.41, 5.74) is 8.61. The number of carbonyl (C=O) groups excluding carboxylic acids is 3. The van der Waals surface area contributed by atoms with Gasteiger partial charge in [-0.05, 0) is 160 Å². The maximum absolute atomic E-state index is 12.6. The van der Waals surface area contributed by atoms with Crippen molar-refractivity contribution in [2.24, 2.45) is 0 Å². The van der Waals surface area contributed by atoms with Gasteiger partial charge in [0, 0.05) is 16.7 Å². The first-order valence-electron chi connectivity index (χ1n) is 25.0. The minimum absolute atomic E-state index is 0.155. The molecule has 0 unspecified atom stereocenters. The lowest BCUT2D eigenvalue weighted by atomic mass is 10.1. The fourth-order valence-corrected chi connectivity index (χ4v) is 8.11. The molecule has 9 N–H and O–H groups in total. The molecule has 10 rings (SSSR count). The van der Waals surface area contributed by atoms with Gasteiger partial charge in [-0.1, -0.05) is 66.7 Å². The number of rotatable bonds is 15. The first-order valence-corrected chi connectivity index (χ1v) is 25.8. The van der Waals surface area contributed by atoms with Crippen LogP contribution in [0.1, 0.15) is 27.9 Å². The highest BCUT2D eigenvalue weighted by molar-refractivity contribution is 9.10. The van der Waals surface area contributed by atoms with E-state index in [2.05, 4.69) is 68.9 Å². The predicted molar refractivity (Wildman–Crippen MR) is 310 cm³/mol. The van der Waals surface area contributed by atoms with E-state index >= 15 is 0 Å². The number of phenolic OH excluding ortho intramolecular Hbond substituents is 6. The first-order chi connectivity index (χ1) is 39.2. The molecule has 0 bridgehead atoms. The molecule has 406 valence electrons. The van der Waals surface area contributed by atoms with Crippen molar-refractivity contribution < 1.29 is 45.0 Å². The Morgan fingerprint density at radius 1 is 0.358 bits per heavy atom. The molecule has 0 saturated carbocycles. The highest BCUT2D eigenvalue weighted by Gasteiger charge is 2.15. The molecule has 0 saturated heterocycles. The van der Waals surface area contributed by atoms with Gasteiger partial charge in [-0.2, -0.15) is 0 Å². The zero-order valence-corrected chi connectivity index (χ0v) is 44.6. The van der Waals surface area contributed by atoms with Gasteiger partial charge in [0.2, 0.25) is 17.7 Å². The summed E-state index contributed by atoms with van der Waals surface area (Å²) in [5, 5.41) is 64.3. The number of hydrogen-bond acceptors (Lipinski definition) is 15. The first kappa shape index (κ1) is 56.7. The van der Waals surface area contributed by atoms with E-state index in [1.807, 2.05) is 18.2 Å². The fraction of sp³-hybridized carbons (Fsp3) is 0.0806. The lowest BCUT2D eigenvalue weighted by molar-refractivity contribution is -0.116. The molecule has 10 aromatic rings. The third kappa shape index (κ3) is 17.5. The number of carbonyl (C=O) groups is 3. The van der Waals surface area contributed by atoms with E-state index in [0.717, 1.165) is 39.8 Å². The van der Waals surface area contributed by atoms with Gasteiger partial charge >= 0.3 is 0 Å². The zero-order valence-electron chi connectivity index (χ0n) is 43.1. The van der Waals surface area contributed by atoms with Crippen molar-refractivity contribution in [3.05, 3.63) is 233 Å². The molecule has 3 heterocycles. The van der Waals surface area contributed by atoms with Crippen LogP contribution in [-0.2, 0) is 46.5 Å². The molecule has 0 fully saturated rings. The summed E-state index contributed by atoms with van der Waals surface area (Å²) in [5.74, 6) is 1.49. The van der Waals surface area contributed by atoms with Crippen LogP contribution in [0.2, 0.25) is 0 Å². The average Bonchev–Trinajstić information content (AvgIpc) is 3.47. The van der Waals surface area contributed by atoms with Crippen molar-refractivity contribution in [2.45, 2.75) is 32.1 Å². The number of aromatic nitrogens is 6. The molecule has 81 heavy (non-hydrogen) atoms. The molecule has 0 atom stereocenters. The van der Waals surface area contributed by atoms with Gasteiger partial charge in [0.05, 0.1) is 66.8 Å². The van der Waals surface area contributed by atoms with Crippen LogP contribution in [0.4, 0.5) is 17.5 Å². The van der Waals surface area contributed by atoms with E-state index in [4.69, 9.17) is 4.98 Å². The summed E-state index contributed by atoms with van der Waals surface area (Å²) >= 11 is 3.31. The van der Waals surface area contributed by atoms with Crippen LogP contribution < -0.4 is 16.0 Å². The quantitative estimate of drug-likeness (QED) is 0.0461. The van der Waals surface area contributed by atoms with Crippen LogP contribution in [0.25, 0.3) is 33.8 Å². The standard InChI is InChI=1S/C26H23N3O3.C18H14BrN3O3.C18H15N3O3/c30-21-11-6-19(7-12-21)16-25(32)29-26-23(15-8-18-4-2-1-3-5-18)28-24(17-27-26)20-9-13-22(31)14-10-20;19-17-18(22-16(25)9-11-1-5-13(23)6-2-11)20-10-15(21-17)12-3-7-14(24)8-4-12;22-14-5-1-12(2-6-14)9-18(24)21-17-11-19-16(10-20-17)13-3-7-15(23)8-4-13/h1-7,9-14,17,30-31H,8,15-16H2,(H,27,29,32);1-8,10,23-24H,9H2,(H,20,22,25);1-8,10-11,22-23H,9H2,(H,20,21,24). The molecule has 18 nitrogen and oxygen atoms in total. The molecular formula is C62H52BrN9O9. The van der Waals surface area contributed by atoms with Crippen molar-refractivity contribution in [3.63, 3.8) is 0 Å². The van der Waals surface area contributed by atoms with E-state index in [1.54, 1.807) is 140 Å². The Morgan fingerprint density at radius 3 is 1.15 bits per heavy atom. The average molecular weight is 1150 g/mol. The second kappa shape index (κ2) is 27.7. The number of hydrogen-bond donors (Lipinski definition) is 9. The van der Waals surface area contributed by atoms with Crippen LogP contribution in [0.5, 0.6) is 34.5 Å². The SMILES string of the molecule is O=C(Cc1ccc(O)cc1)Nc1cnc(-c2ccc(O)cc2)cn1.O=C(Cc1ccc(O)cc1)Nc1ncc(-c2ccc(O)cc2)nc1Br.O=C(Cc1ccc(O)cc1)Nc1ncc(-c2ccc(O)cc2)nc1CCc1ccccc1. The molecular weight excluding hydrogens is 1090 g/mol. The second-order valence-electron chi connectivity index (χ2n) is 18.0. The summed E-state index contributed by atoms with van der Waals surface area (Å²) in [4.78, 5) is 63.0. The Morgan fingerprint density at radius 2 is 0.728 bits per heavy atom. The van der Waals surface area contributed by atoms with Gasteiger partial charge in [0.1, 0.15) is 39.1 Å². The predicted octanol–water partition coefficient (Wildman–Crippen LogP) is 10.8. The van der Waals surface area contributed by atoms with Gasteiger partial charge in [-0.3, -0.25) is 19.4 Å². The number of aryl methyl sites for hydroxylation is 2. The number of anilines is 3. The third-order valence-electron chi connectivity index (χ3n) is 11.9. The maximum atomic E-state index is 12.6. The molecule has 0 radical (unpaired) electrons. The van der Waals surface area contributed by atoms with E-state index < -0.39 is 0 Å². The lowest BCUT2D eigenvalue weighted by Gasteiger charge is -2.12.